The smallest absolute Gasteiger partial charge is 0.254 e. The highest BCUT2D eigenvalue weighted by Gasteiger charge is 2.15. The van der Waals surface area contributed by atoms with Crippen LogP contribution in [0.3, 0.4) is 0 Å². The summed E-state index contributed by atoms with van der Waals surface area (Å²) in [5.74, 6) is -0.443. The Morgan fingerprint density at radius 2 is 1.68 bits per heavy atom. The number of benzene rings is 1. The van der Waals surface area contributed by atoms with Crippen LogP contribution in [0.15, 0.2) is 24.3 Å². The van der Waals surface area contributed by atoms with Gasteiger partial charge in [0.15, 0.2) is 0 Å². The molecular formula is C12H18ClN3O3. The first kappa shape index (κ1) is 17.4. The van der Waals surface area contributed by atoms with Crippen molar-refractivity contribution >= 4 is 35.6 Å². The van der Waals surface area contributed by atoms with Crippen LogP contribution in [0.5, 0.6) is 0 Å². The first-order chi connectivity index (χ1) is 8.56. The van der Waals surface area contributed by atoms with Crippen LogP contribution in [-0.4, -0.2) is 31.6 Å². The van der Waals surface area contributed by atoms with Gasteiger partial charge in [0.1, 0.15) is 6.10 Å². The van der Waals surface area contributed by atoms with Gasteiger partial charge >= 0.3 is 0 Å². The molecule has 0 aliphatic carbocycles. The minimum absolute atomic E-state index is 0. The Morgan fingerprint density at radius 3 is 2.05 bits per heavy atom. The molecule has 0 radical (unpaired) electrons. The number of carbonyl (C=O) groups excluding carboxylic acids is 2. The van der Waals surface area contributed by atoms with Crippen LogP contribution in [0.25, 0.3) is 0 Å². The van der Waals surface area contributed by atoms with Crippen LogP contribution in [0.1, 0.15) is 6.92 Å². The molecule has 2 amide bonds. The molecule has 1 unspecified atom stereocenters. The number of halogens is 1. The molecule has 0 bridgehead atoms. The van der Waals surface area contributed by atoms with Crippen LogP contribution >= 0.6 is 12.4 Å². The largest absolute Gasteiger partial charge is 0.370 e. The highest BCUT2D eigenvalue weighted by molar-refractivity contribution is 5.95. The van der Waals surface area contributed by atoms with E-state index in [0.717, 1.165) is 0 Å². The van der Waals surface area contributed by atoms with E-state index < -0.39 is 6.10 Å². The molecule has 1 aromatic rings. The molecule has 6 nitrogen and oxygen atoms in total. The van der Waals surface area contributed by atoms with Crippen LogP contribution < -0.4 is 16.4 Å². The van der Waals surface area contributed by atoms with Crippen molar-refractivity contribution in [2.24, 2.45) is 5.73 Å². The maximum Gasteiger partial charge on any atom is 0.254 e. The third kappa shape index (κ3) is 5.69. The van der Waals surface area contributed by atoms with Crippen molar-refractivity contribution in [3.63, 3.8) is 0 Å². The number of ether oxygens (including phenoxy) is 1. The molecule has 0 saturated carbocycles. The number of nitrogens with two attached hydrogens (primary N) is 1. The van der Waals surface area contributed by atoms with Crippen LogP contribution in [0.4, 0.5) is 11.4 Å². The van der Waals surface area contributed by atoms with Gasteiger partial charge in [-0.2, -0.15) is 0 Å². The Kier molecular flexibility index (Phi) is 7.74. The highest BCUT2D eigenvalue weighted by Crippen LogP contribution is 2.13. The maximum atomic E-state index is 11.7. The number of nitrogens with one attached hydrogen (secondary N) is 2. The number of rotatable bonds is 5. The zero-order valence-electron chi connectivity index (χ0n) is 10.8. The van der Waals surface area contributed by atoms with E-state index in [4.69, 9.17) is 10.5 Å². The molecule has 0 aliphatic heterocycles. The lowest BCUT2D eigenvalue weighted by molar-refractivity contribution is -0.125. The fraction of sp³-hybridized carbons (Fsp3) is 0.333. The average molecular weight is 288 g/mol. The predicted molar refractivity (Wildman–Crippen MR) is 76.5 cm³/mol. The zero-order chi connectivity index (χ0) is 13.5. The van der Waals surface area contributed by atoms with E-state index in [2.05, 4.69) is 10.6 Å². The standard InChI is InChI=1S/C12H17N3O3.ClH/c1-8(16)14-9-3-5-10(6-4-9)15-12(17)11(7-13)18-2;/h3-6,11H,7,13H2,1-2H3,(H,14,16)(H,15,17);1H. The maximum absolute atomic E-state index is 11.7. The third-order valence-electron chi connectivity index (χ3n) is 2.26. The normalized spacial score (nSPS) is 11.1. The van der Waals surface area contributed by atoms with Crippen molar-refractivity contribution in [2.75, 3.05) is 24.3 Å². The van der Waals surface area contributed by atoms with Crippen LogP contribution in [0, 0.1) is 0 Å². The molecule has 1 aromatic carbocycles. The van der Waals surface area contributed by atoms with Gasteiger partial charge in [-0.15, -0.1) is 12.4 Å². The topological polar surface area (TPSA) is 93.4 Å². The lowest BCUT2D eigenvalue weighted by atomic mass is 10.2. The summed E-state index contributed by atoms with van der Waals surface area (Å²) in [6.07, 6.45) is -0.667. The monoisotopic (exact) mass is 287 g/mol. The van der Waals surface area contributed by atoms with Crippen molar-refractivity contribution in [3.8, 4) is 0 Å². The molecule has 0 fully saturated rings. The van der Waals surface area contributed by atoms with Crippen molar-refractivity contribution in [3.05, 3.63) is 24.3 Å². The fourth-order valence-corrected chi connectivity index (χ4v) is 1.37. The van der Waals surface area contributed by atoms with Crippen molar-refractivity contribution in [1.82, 2.24) is 0 Å². The molecule has 7 heteroatoms. The minimum atomic E-state index is -0.667. The van der Waals surface area contributed by atoms with E-state index in [9.17, 15) is 9.59 Å². The Balaban J connectivity index is 0.00000324. The lowest BCUT2D eigenvalue weighted by Crippen LogP contribution is -2.35. The van der Waals surface area contributed by atoms with Gasteiger partial charge in [0.25, 0.3) is 5.91 Å². The quantitative estimate of drug-likeness (QED) is 0.752. The molecule has 1 rings (SSSR count). The molecule has 0 aromatic heterocycles. The van der Waals surface area contributed by atoms with Gasteiger partial charge in [-0.25, -0.2) is 0 Å². The second-order valence-corrected chi connectivity index (χ2v) is 3.71. The van der Waals surface area contributed by atoms with Crippen molar-refractivity contribution in [1.29, 1.82) is 0 Å². The van der Waals surface area contributed by atoms with Gasteiger partial charge in [-0.05, 0) is 24.3 Å². The molecule has 0 heterocycles. The Hall–Kier alpha value is -1.63. The van der Waals surface area contributed by atoms with Crippen molar-refractivity contribution in [2.45, 2.75) is 13.0 Å². The summed E-state index contributed by atoms with van der Waals surface area (Å²) in [5, 5.41) is 5.30. The summed E-state index contributed by atoms with van der Waals surface area (Å²) in [6, 6.07) is 6.77. The molecule has 1 atom stereocenters. The number of methoxy groups -OCH3 is 1. The Bertz CT molecular complexity index is 419. The summed E-state index contributed by atoms with van der Waals surface area (Å²) in [7, 11) is 1.43. The first-order valence-corrected chi connectivity index (χ1v) is 5.48. The minimum Gasteiger partial charge on any atom is -0.370 e. The van der Waals surface area contributed by atoms with Crippen LogP contribution in [-0.2, 0) is 14.3 Å². The van der Waals surface area contributed by atoms with E-state index in [0.29, 0.717) is 11.4 Å². The Labute approximate surface area is 118 Å². The number of carbonyl (C=O) groups is 2. The summed E-state index contributed by atoms with van der Waals surface area (Å²) >= 11 is 0. The molecule has 4 N–H and O–H groups in total. The molecule has 19 heavy (non-hydrogen) atoms. The van der Waals surface area contributed by atoms with Crippen molar-refractivity contribution < 1.29 is 14.3 Å². The molecule has 0 saturated heterocycles. The molecular weight excluding hydrogens is 270 g/mol. The third-order valence-corrected chi connectivity index (χ3v) is 2.26. The number of hydrogen-bond acceptors (Lipinski definition) is 4. The van der Waals surface area contributed by atoms with Gasteiger partial charge in [0.2, 0.25) is 5.91 Å². The summed E-state index contributed by atoms with van der Waals surface area (Å²) in [4.78, 5) is 22.5. The summed E-state index contributed by atoms with van der Waals surface area (Å²) in [5.41, 5.74) is 6.67. The van der Waals surface area contributed by atoms with Gasteiger partial charge < -0.3 is 21.1 Å². The van der Waals surface area contributed by atoms with E-state index >= 15 is 0 Å². The van der Waals surface area contributed by atoms with E-state index in [-0.39, 0.29) is 30.8 Å². The Morgan fingerprint density at radius 1 is 1.21 bits per heavy atom. The number of amides is 2. The number of anilines is 2. The number of hydrogen-bond donors (Lipinski definition) is 3. The predicted octanol–water partition coefficient (Wildman–Crippen LogP) is 0.979. The van der Waals surface area contributed by atoms with Gasteiger partial charge in [-0.1, -0.05) is 0 Å². The summed E-state index contributed by atoms with van der Waals surface area (Å²) in [6.45, 7) is 1.55. The fourth-order valence-electron chi connectivity index (χ4n) is 1.37. The van der Waals surface area contributed by atoms with Gasteiger partial charge in [-0.3, -0.25) is 9.59 Å². The van der Waals surface area contributed by atoms with Gasteiger partial charge in [0, 0.05) is 32.0 Å². The van der Waals surface area contributed by atoms with E-state index in [1.165, 1.54) is 14.0 Å². The molecule has 0 spiro atoms. The second kappa shape index (κ2) is 8.47. The summed E-state index contributed by atoms with van der Waals surface area (Å²) < 4.78 is 4.92. The second-order valence-electron chi connectivity index (χ2n) is 3.71. The lowest BCUT2D eigenvalue weighted by Gasteiger charge is -2.13. The van der Waals surface area contributed by atoms with Crippen LogP contribution in [0.2, 0.25) is 0 Å². The van der Waals surface area contributed by atoms with E-state index in [1.54, 1.807) is 24.3 Å². The first-order valence-electron chi connectivity index (χ1n) is 5.48. The highest BCUT2D eigenvalue weighted by atomic mass is 35.5. The SMILES string of the molecule is COC(CN)C(=O)Nc1ccc(NC(C)=O)cc1.Cl. The van der Waals surface area contributed by atoms with E-state index in [1.807, 2.05) is 0 Å². The zero-order valence-corrected chi connectivity index (χ0v) is 11.6. The molecule has 0 aliphatic rings. The molecule has 106 valence electrons. The average Bonchev–Trinajstić information content (AvgIpc) is 2.32. The van der Waals surface area contributed by atoms with Gasteiger partial charge in [0.05, 0.1) is 0 Å².